The lowest BCUT2D eigenvalue weighted by Crippen LogP contribution is -2.26. The van der Waals surface area contributed by atoms with E-state index in [9.17, 15) is 0 Å². The monoisotopic (exact) mass is 265 g/mol. The van der Waals surface area contributed by atoms with Crippen LogP contribution in [0, 0.1) is 40.4 Å². The maximum atomic E-state index is 8.78. The van der Waals surface area contributed by atoms with Gasteiger partial charge in [-0.2, -0.15) is 5.26 Å². The van der Waals surface area contributed by atoms with Crippen LogP contribution in [0.2, 0.25) is 0 Å². The molecule has 1 fully saturated rings. The minimum absolute atomic E-state index is 0.398. The van der Waals surface area contributed by atoms with Crippen molar-refractivity contribution in [1.29, 1.82) is 5.26 Å². The molecule has 0 unspecified atom stereocenters. The van der Waals surface area contributed by atoms with Crippen molar-refractivity contribution in [2.75, 3.05) is 0 Å². The smallest absolute Gasteiger partial charge is 0.0991 e. The summed E-state index contributed by atoms with van der Waals surface area (Å²) in [5.41, 5.74) is 2.11. The van der Waals surface area contributed by atoms with Crippen LogP contribution in [0.25, 0.3) is 0 Å². The van der Waals surface area contributed by atoms with E-state index in [4.69, 9.17) is 5.26 Å². The molecule has 0 heterocycles. The Morgan fingerprint density at radius 2 is 1.70 bits per heavy atom. The fourth-order valence-corrected chi connectivity index (χ4v) is 2.92. The molecule has 1 aliphatic carbocycles. The predicted octanol–water partition coefficient (Wildman–Crippen LogP) is 4.76. The topological polar surface area (TPSA) is 23.8 Å². The summed E-state index contributed by atoms with van der Waals surface area (Å²) in [7, 11) is 0. The van der Waals surface area contributed by atoms with Gasteiger partial charge in [-0.25, -0.2) is 0 Å². The highest BCUT2D eigenvalue weighted by Crippen LogP contribution is 2.39. The molecule has 0 N–H and O–H groups in total. The summed E-state index contributed by atoms with van der Waals surface area (Å²) >= 11 is 0. The second kappa shape index (κ2) is 6.15. The lowest BCUT2D eigenvalue weighted by Gasteiger charge is -2.36. The van der Waals surface area contributed by atoms with E-state index in [1.165, 1.54) is 25.7 Å². The molecule has 2 atom stereocenters. The molecule has 1 aliphatic rings. The Hall–Kier alpha value is -1.73. The zero-order chi connectivity index (χ0) is 14.6. The second-order valence-corrected chi connectivity index (χ2v) is 6.88. The average Bonchev–Trinajstić information content (AvgIpc) is 2.45. The van der Waals surface area contributed by atoms with Crippen LogP contribution in [0.3, 0.4) is 0 Å². The largest absolute Gasteiger partial charge is 0.192 e. The number of benzene rings is 1. The van der Waals surface area contributed by atoms with E-state index >= 15 is 0 Å². The van der Waals surface area contributed by atoms with Gasteiger partial charge in [0.2, 0.25) is 0 Å². The molecule has 0 bridgehead atoms. The molecule has 0 radical (unpaired) electrons. The molecular weight excluding hydrogens is 242 g/mol. The summed E-state index contributed by atoms with van der Waals surface area (Å²) in [5, 5.41) is 8.78. The van der Waals surface area contributed by atoms with Gasteiger partial charge in [0.1, 0.15) is 0 Å². The van der Waals surface area contributed by atoms with Gasteiger partial charge in [-0.15, -0.1) is 0 Å². The molecule has 104 valence electrons. The van der Waals surface area contributed by atoms with Crippen molar-refractivity contribution in [1.82, 2.24) is 0 Å². The van der Waals surface area contributed by atoms with Gasteiger partial charge in [0, 0.05) is 11.5 Å². The van der Waals surface area contributed by atoms with Gasteiger partial charge < -0.3 is 0 Å². The van der Waals surface area contributed by atoms with E-state index in [-0.39, 0.29) is 0 Å². The first-order valence-electron chi connectivity index (χ1n) is 7.51. The molecule has 0 aromatic heterocycles. The second-order valence-electron chi connectivity index (χ2n) is 6.88. The molecule has 0 aliphatic heterocycles. The van der Waals surface area contributed by atoms with Gasteiger partial charge in [-0.1, -0.05) is 39.0 Å². The number of hydrogen-bond acceptors (Lipinski definition) is 1. The molecule has 0 saturated heterocycles. The molecule has 0 amide bonds. The molecule has 1 aromatic carbocycles. The van der Waals surface area contributed by atoms with Crippen LogP contribution in [0.4, 0.5) is 0 Å². The molecule has 20 heavy (non-hydrogen) atoms. The van der Waals surface area contributed by atoms with Gasteiger partial charge in [0.15, 0.2) is 0 Å². The zero-order valence-electron chi connectivity index (χ0n) is 12.7. The quantitative estimate of drug-likeness (QED) is 0.620. The third-order valence-electron chi connectivity index (χ3n) is 4.33. The molecule has 0 spiro atoms. The summed E-state index contributed by atoms with van der Waals surface area (Å²) in [4.78, 5) is 0. The lowest BCUT2D eigenvalue weighted by molar-refractivity contribution is 0.160. The fourth-order valence-electron chi connectivity index (χ4n) is 2.92. The van der Waals surface area contributed by atoms with Gasteiger partial charge in [-0.3, -0.25) is 0 Å². The standard InChI is InChI=1S/C19H23N/c1-19(2,3)18-6-4-5-16(13-18)10-7-15-8-11-17(14-20)12-9-15/h8-9,11-12,16,18H,4-6,13H2,1-3H3/t16-,18-/m1/s1. The van der Waals surface area contributed by atoms with Crippen LogP contribution in [-0.2, 0) is 0 Å². The van der Waals surface area contributed by atoms with Gasteiger partial charge >= 0.3 is 0 Å². The van der Waals surface area contributed by atoms with E-state index in [0.717, 1.165) is 11.5 Å². The normalized spacial score (nSPS) is 22.5. The van der Waals surface area contributed by atoms with Crippen LogP contribution in [0.5, 0.6) is 0 Å². The van der Waals surface area contributed by atoms with Crippen molar-refractivity contribution < 1.29 is 0 Å². The van der Waals surface area contributed by atoms with Crippen LogP contribution >= 0.6 is 0 Å². The average molecular weight is 265 g/mol. The maximum absolute atomic E-state index is 8.78. The van der Waals surface area contributed by atoms with E-state index < -0.39 is 0 Å². The Bertz CT molecular complexity index is 543. The predicted molar refractivity (Wildman–Crippen MR) is 82.9 cm³/mol. The molecule has 1 nitrogen and oxygen atoms in total. The minimum Gasteiger partial charge on any atom is -0.192 e. The molecular formula is C19H23N. The molecule has 1 heteroatoms. The SMILES string of the molecule is CC(C)(C)[C@@H]1CCC[C@H](C#Cc2ccc(C#N)cc2)C1. The van der Waals surface area contributed by atoms with Crippen molar-refractivity contribution >= 4 is 0 Å². The van der Waals surface area contributed by atoms with Crippen molar-refractivity contribution in [2.45, 2.75) is 46.5 Å². The first kappa shape index (κ1) is 14.7. The molecule has 1 saturated carbocycles. The zero-order valence-corrected chi connectivity index (χ0v) is 12.7. The number of nitrogens with zero attached hydrogens (tertiary/aromatic N) is 1. The Balaban J connectivity index is 2.03. The minimum atomic E-state index is 0.398. The van der Waals surface area contributed by atoms with Crippen molar-refractivity contribution in [3.05, 3.63) is 35.4 Å². The first-order chi connectivity index (χ1) is 9.49. The third-order valence-corrected chi connectivity index (χ3v) is 4.33. The van der Waals surface area contributed by atoms with Gasteiger partial charge in [0.05, 0.1) is 11.6 Å². The Kier molecular flexibility index (Phi) is 4.51. The van der Waals surface area contributed by atoms with Crippen LogP contribution < -0.4 is 0 Å². The maximum Gasteiger partial charge on any atom is 0.0991 e. The highest BCUT2D eigenvalue weighted by atomic mass is 14.3. The van der Waals surface area contributed by atoms with Gasteiger partial charge in [-0.05, 0) is 54.9 Å². The van der Waals surface area contributed by atoms with E-state index in [1.54, 1.807) is 0 Å². The summed E-state index contributed by atoms with van der Waals surface area (Å²) in [5.74, 6) is 8.04. The summed E-state index contributed by atoms with van der Waals surface area (Å²) in [6, 6.07) is 9.69. The molecule has 2 rings (SSSR count). The Morgan fingerprint density at radius 1 is 1.05 bits per heavy atom. The lowest BCUT2D eigenvalue weighted by atomic mass is 9.69. The number of hydrogen-bond donors (Lipinski definition) is 0. The first-order valence-corrected chi connectivity index (χ1v) is 7.51. The number of nitriles is 1. The summed E-state index contributed by atoms with van der Waals surface area (Å²) in [6.07, 6.45) is 5.11. The van der Waals surface area contributed by atoms with Crippen molar-refractivity contribution in [3.8, 4) is 17.9 Å². The van der Waals surface area contributed by atoms with Crippen LogP contribution in [0.1, 0.15) is 57.6 Å². The van der Waals surface area contributed by atoms with E-state index in [2.05, 4.69) is 38.7 Å². The van der Waals surface area contributed by atoms with Crippen molar-refractivity contribution in [3.63, 3.8) is 0 Å². The van der Waals surface area contributed by atoms with Crippen molar-refractivity contribution in [2.24, 2.45) is 17.3 Å². The fraction of sp³-hybridized carbons (Fsp3) is 0.526. The molecule has 1 aromatic rings. The summed E-state index contributed by atoms with van der Waals surface area (Å²) < 4.78 is 0. The Labute approximate surface area is 123 Å². The third kappa shape index (κ3) is 3.88. The van der Waals surface area contributed by atoms with E-state index in [1.807, 2.05) is 24.3 Å². The summed E-state index contributed by atoms with van der Waals surface area (Å²) in [6.45, 7) is 7.02. The van der Waals surface area contributed by atoms with Crippen LogP contribution in [0.15, 0.2) is 24.3 Å². The van der Waals surface area contributed by atoms with Crippen LogP contribution in [-0.4, -0.2) is 0 Å². The van der Waals surface area contributed by atoms with Gasteiger partial charge in [0.25, 0.3) is 0 Å². The highest BCUT2D eigenvalue weighted by Gasteiger charge is 2.29. The highest BCUT2D eigenvalue weighted by molar-refractivity contribution is 5.40. The van der Waals surface area contributed by atoms with E-state index in [0.29, 0.717) is 16.9 Å². The number of rotatable bonds is 0. The Morgan fingerprint density at radius 3 is 2.30 bits per heavy atom.